The van der Waals surface area contributed by atoms with E-state index in [4.69, 9.17) is 22.0 Å². The van der Waals surface area contributed by atoms with Crippen molar-refractivity contribution in [3.05, 3.63) is 41.0 Å². The third-order valence-electron chi connectivity index (χ3n) is 5.42. The van der Waals surface area contributed by atoms with Crippen molar-refractivity contribution in [2.45, 2.75) is 37.8 Å². The summed E-state index contributed by atoms with van der Waals surface area (Å²) < 4.78 is 0. The topological polar surface area (TPSA) is 232 Å². The number of carboxylic acid groups (broad SMARTS) is 2. The van der Waals surface area contributed by atoms with Crippen LogP contribution in [0.4, 0.5) is 0 Å². The van der Waals surface area contributed by atoms with Gasteiger partial charge in [0.25, 0.3) is 0 Å². The summed E-state index contributed by atoms with van der Waals surface area (Å²) in [5.41, 5.74) is 11.9. The minimum Gasteiger partial charge on any atom is -0.507 e. The van der Waals surface area contributed by atoms with Crippen LogP contribution in [-0.2, 0) is 14.4 Å². The van der Waals surface area contributed by atoms with Gasteiger partial charge in [0.2, 0.25) is 11.8 Å². The molecule has 0 saturated carbocycles. The number of nitrogens with two attached hydrogens (primary N) is 2. The average Bonchev–Trinajstić information content (AvgIpc) is 3.25. The maximum atomic E-state index is 12.2. The number of nitrogens with zero attached hydrogens (tertiary/aromatic N) is 1. The third kappa shape index (κ3) is 7.99. The number of aromatic carboxylic acids is 1. The van der Waals surface area contributed by atoms with Gasteiger partial charge in [0.1, 0.15) is 11.3 Å². The molecule has 1 aliphatic rings. The molecule has 1 aromatic carbocycles. The molecule has 13 heteroatoms. The first-order valence-electron chi connectivity index (χ1n) is 10.9. The maximum Gasteiger partial charge on any atom is 0.339 e. The number of phenols is 1. The Bertz CT molecular complexity index is 1030. The summed E-state index contributed by atoms with van der Waals surface area (Å²) in [5, 5.41) is 40.6. The molecule has 1 aromatic rings. The first-order chi connectivity index (χ1) is 16.5. The number of carbonyl (C=O) groups is 4. The van der Waals surface area contributed by atoms with E-state index in [0.717, 1.165) is 17.7 Å². The lowest BCUT2D eigenvalue weighted by Gasteiger charge is -2.17. The fraction of sp³-hybridized carbons (Fsp3) is 0.409. The van der Waals surface area contributed by atoms with Crippen LogP contribution in [0.2, 0.25) is 0 Å². The molecule has 10 N–H and O–H groups in total. The molecule has 35 heavy (non-hydrogen) atoms. The quantitative estimate of drug-likeness (QED) is 0.0807. The van der Waals surface area contributed by atoms with E-state index in [1.165, 1.54) is 6.07 Å². The summed E-state index contributed by atoms with van der Waals surface area (Å²) in [5.74, 6) is -4.27. The van der Waals surface area contributed by atoms with Gasteiger partial charge in [-0.2, -0.15) is 0 Å². The van der Waals surface area contributed by atoms with Crippen LogP contribution >= 0.6 is 0 Å². The van der Waals surface area contributed by atoms with Crippen molar-refractivity contribution in [2.75, 3.05) is 19.6 Å². The van der Waals surface area contributed by atoms with Crippen molar-refractivity contribution < 1.29 is 34.5 Å². The van der Waals surface area contributed by atoms with Crippen LogP contribution in [0.5, 0.6) is 5.75 Å². The van der Waals surface area contributed by atoms with Crippen molar-refractivity contribution in [3.8, 4) is 5.75 Å². The van der Waals surface area contributed by atoms with Gasteiger partial charge >= 0.3 is 11.9 Å². The molecule has 2 rings (SSSR count). The second-order valence-electron chi connectivity index (χ2n) is 8.11. The van der Waals surface area contributed by atoms with Crippen LogP contribution in [-0.4, -0.2) is 75.6 Å². The first-order valence-corrected chi connectivity index (χ1v) is 10.9. The van der Waals surface area contributed by atoms with Gasteiger partial charge in [-0.3, -0.25) is 15.0 Å². The monoisotopic (exact) mass is 490 g/mol. The highest BCUT2D eigenvalue weighted by molar-refractivity contribution is 5.91. The smallest absolute Gasteiger partial charge is 0.339 e. The Balaban J connectivity index is 1.72. The number of hydrogen-bond acceptors (Lipinski definition) is 7. The zero-order chi connectivity index (χ0) is 26.1. The molecule has 0 aromatic heterocycles. The Labute approximate surface area is 201 Å². The van der Waals surface area contributed by atoms with Crippen molar-refractivity contribution in [2.24, 2.45) is 11.5 Å². The van der Waals surface area contributed by atoms with Crippen molar-refractivity contribution in [3.63, 3.8) is 0 Å². The van der Waals surface area contributed by atoms with Gasteiger partial charge in [-0.05, 0) is 37.0 Å². The predicted molar refractivity (Wildman–Crippen MR) is 125 cm³/mol. The van der Waals surface area contributed by atoms with Gasteiger partial charge in [0.05, 0.1) is 6.04 Å². The first kappa shape index (κ1) is 27.1. The lowest BCUT2D eigenvalue weighted by Crippen LogP contribution is -2.41. The normalized spacial score (nSPS) is 14.5. The van der Waals surface area contributed by atoms with Crippen LogP contribution in [0.25, 0.3) is 0 Å². The van der Waals surface area contributed by atoms with E-state index in [2.05, 4.69) is 10.6 Å². The number of carboxylic acids is 2. The summed E-state index contributed by atoms with van der Waals surface area (Å²) in [7, 11) is 0. The number of amides is 2. The molecule has 2 atom stereocenters. The minimum absolute atomic E-state index is 0.00133. The molecule has 2 unspecified atom stereocenters. The van der Waals surface area contributed by atoms with E-state index in [9.17, 15) is 29.4 Å². The Morgan fingerprint density at radius 3 is 2.46 bits per heavy atom. The molecule has 1 heterocycles. The molecule has 190 valence electrons. The van der Waals surface area contributed by atoms with Gasteiger partial charge in [-0.15, -0.1) is 0 Å². The largest absolute Gasteiger partial charge is 0.507 e. The van der Waals surface area contributed by atoms with Crippen molar-refractivity contribution in [1.29, 1.82) is 5.41 Å². The summed E-state index contributed by atoms with van der Waals surface area (Å²) in [4.78, 5) is 48.5. The van der Waals surface area contributed by atoms with E-state index >= 15 is 0 Å². The van der Waals surface area contributed by atoms with Gasteiger partial charge in [-0.25, -0.2) is 9.59 Å². The van der Waals surface area contributed by atoms with E-state index in [1.807, 2.05) is 6.08 Å². The molecule has 0 fully saturated rings. The number of aliphatic carboxylic acids is 1. The highest BCUT2D eigenvalue weighted by atomic mass is 16.4. The standard InChI is InChI=1S/C22H30N6O7/c23-15(9-12-6-8-28(11-12)22(24)25)19(31)26-7-2-1-3-17(30)27-18(21(34)35)13-4-5-14(20(32)33)16(29)10-13/h4-6,10,15,18,29H,1-3,7-9,11,23H2,(H3,24,25)(H,26,31)(H,27,30)(H,32,33)(H,34,35). The van der Waals surface area contributed by atoms with E-state index < -0.39 is 35.7 Å². The molecular weight excluding hydrogens is 460 g/mol. The molecule has 0 spiro atoms. The molecule has 0 radical (unpaired) electrons. The summed E-state index contributed by atoms with van der Waals surface area (Å²) in [6.07, 6.45) is 3.06. The fourth-order valence-corrected chi connectivity index (χ4v) is 3.50. The summed E-state index contributed by atoms with van der Waals surface area (Å²) in [6, 6.07) is 1.04. The van der Waals surface area contributed by atoms with E-state index in [1.54, 1.807) is 4.90 Å². The molecule has 2 amide bonds. The maximum absolute atomic E-state index is 12.2. The van der Waals surface area contributed by atoms with Crippen LogP contribution in [0, 0.1) is 5.41 Å². The second-order valence-corrected chi connectivity index (χ2v) is 8.11. The summed E-state index contributed by atoms with van der Waals surface area (Å²) >= 11 is 0. The van der Waals surface area contributed by atoms with Gasteiger partial charge < -0.3 is 42.3 Å². The lowest BCUT2D eigenvalue weighted by molar-refractivity contribution is -0.142. The highest BCUT2D eigenvalue weighted by Gasteiger charge is 2.24. The SMILES string of the molecule is N=C(N)N1CC=C(CC(N)C(=O)NCCCCC(=O)NC(C(=O)O)c2ccc(C(=O)O)c(O)c2)C1. The van der Waals surface area contributed by atoms with E-state index in [0.29, 0.717) is 32.4 Å². The fourth-order valence-electron chi connectivity index (χ4n) is 3.50. The minimum atomic E-state index is -1.46. The Kier molecular flexibility index (Phi) is 9.58. The number of hydrogen-bond donors (Lipinski definition) is 8. The van der Waals surface area contributed by atoms with Gasteiger partial charge in [0, 0.05) is 26.1 Å². The average molecular weight is 491 g/mol. The van der Waals surface area contributed by atoms with Crippen LogP contribution in [0.3, 0.4) is 0 Å². The van der Waals surface area contributed by atoms with Crippen LogP contribution in [0.15, 0.2) is 29.8 Å². The number of nitrogens with one attached hydrogen (secondary N) is 3. The Morgan fingerprint density at radius 1 is 1.17 bits per heavy atom. The third-order valence-corrected chi connectivity index (χ3v) is 5.42. The molecule has 13 nitrogen and oxygen atoms in total. The molecule has 0 bridgehead atoms. The number of unbranched alkanes of at least 4 members (excludes halogenated alkanes) is 1. The van der Waals surface area contributed by atoms with Crippen molar-refractivity contribution >= 4 is 29.7 Å². The predicted octanol–water partition coefficient (Wildman–Crippen LogP) is -0.528. The zero-order valence-electron chi connectivity index (χ0n) is 19.0. The number of carbonyl (C=O) groups excluding carboxylic acids is 2. The summed E-state index contributed by atoms with van der Waals surface area (Å²) in [6.45, 7) is 1.26. The number of benzene rings is 1. The number of aromatic hydroxyl groups is 1. The molecule has 1 aliphatic heterocycles. The van der Waals surface area contributed by atoms with Gasteiger partial charge in [-0.1, -0.05) is 17.7 Å². The molecular formula is C22H30N6O7. The zero-order valence-corrected chi connectivity index (χ0v) is 19.0. The van der Waals surface area contributed by atoms with Crippen molar-refractivity contribution in [1.82, 2.24) is 15.5 Å². The van der Waals surface area contributed by atoms with E-state index in [-0.39, 0.29) is 36.0 Å². The second kappa shape index (κ2) is 12.4. The van der Waals surface area contributed by atoms with Crippen LogP contribution < -0.4 is 22.1 Å². The Hall–Kier alpha value is -4.13. The van der Waals surface area contributed by atoms with Crippen LogP contribution in [0.1, 0.15) is 47.6 Å². The number of guanidine groups is 1. The Morgan fingerprint density at radius 2 is 1.89 bits per heavy atom. The van der Waals surface area contributed by atoms with Gasteiger partial charge in [0.15, 0.2) is 12.0 Å². The molecule has 0 saturated heterocycles. The lowest BCUT2D eigenvalue weighted by atomic mass is 10.0. The highest BCUT2D eigenvalue weighted by Crippen LogP contribution is 2.23. The molecule has 0 aliphatic carbocycles. The number of rotatable bonds is 12.